The summed E-state index contributed by atoms with van der Waals surface area (Å²) in [6.07, 6.45) is 0.750. The van der Waals surface area contributed by atoms with Crippen molar-refractivity contribution in [3.63, 3.8) is 0 Å². The Morgan fingerprint density at radius 1 is 1.08 bits per heavy atom. The zero-order valence-corrected chi connectivity index (χ0v) is 14.5. The highest BCUT2D eigenvalue weighted by Gasteiger charge is 2.24. The van der Waals surface area contributed by atoms with Crippen LogP contribution in [-0.4, -0.2) is 40.2 Å². The first-order chi connectivity index (χ1) is 12.6. The van der Waals surface area contributed by atoms with Gasteiger partial charge in [-0.2, -0.15) is 0 Å². The molecule has 0 aromatic heterocycles. The molecule has 0 aliphatic carbocycles. The number of amides is 1. The van der Waals surface area contributed by atoms with Crippen molar-refractivity contribution in [2.75, 3.05) is 13.2 Å². The Morgan fingerprint density at radius 3 is 2.46 bits per heavy atom. The summed E-state index contributed by atoms with van der Waals surface area (Å²) in [5.41, 5.74) is 10.6. The molecule has 134 valence electrons. The minimum absolute atomic E-state index is 0.0290. The van der Waals surface area contributed by atoms with Gasteiger partial charge >= 0.3 is 0 Å². The third kappa shape index (κ3) is 4.12. The molecular weight excluding hydrogens is 328 g/mol. The van der Waals surface area contributed by atoms with Crippen LogP contribution in [0, 0.1) is 11.8 Å². The smallest absolute Gasteiger partial charge is 0.242 e. The fourth-order valence-electron chi connectivity index (χ4n) is 2.97. The molecule has 5 nitrogen and oxygen atoms in total. The van der Waals surface area contributed by atoms with E-state index in [-0.39, 0.29) is 19.1 Å². The maximum Gasteiger partial charge on any atom is 0.242 e. The minimum Gasteiger partial charge on any atom is -0.394 e. The van der Waals surface area contributed by atoms with E-state index >= 15 is 0 Å². The molecular formula is C21H22N2O3. The first kappa shape index (κ1) is 18.2. The summed E-state index contributed by atoms with van der Waals surface area (Å²) in [6, 6.07) is 12.7. The third-order valence-corrected chi connectivity index (χ3v) is 4.53. The average molecular weight is 350 g/mol. The van der Waals surface area contributed by atoms with Gasteiger partial charge in [0, 0.05) is 24.2 Å². The highest BCUT2D eigenvalue weighted by molar-refractivity contribution is 5.82. The van der Waals surface area contributed by atoms with Crippen molar-refractivity contribution in [1.29, 1.82) is 0 Å². The van der Waals surface area contributed by atoms with Crippen LogP contribution in [0.25, 0.3) is 0 Å². The van der Waals surface area contributed by atoms with Gasteiger partial charge in [0.25, 0.3) is 0 Å². The molecule has 1 heterocycles. The molecule has 0 spiro atoms. The third-order valence-electron chi connectivity index (χ3n) is 4.53. The average Bonchev–Trinajstić information content (AvgIpc) is 2.70. The fourth-order valence-corrected chi connectivity index (χ4v) is 2.97. The lowest BCUT2D eigenvalue weighted by atomic mass is 9.97. The monoisotopic (exact) mass is 350 g/mol. The number of rotatable bonds is 3. The lowest BCUT2D eigenvalue weighted by molar-refractivity contribution is -0.134. The quantitative estimate of drug-likeness (QED) is 0.714. The number of aliphatic hydroxyl groups excluding tert-OH is 2. The van der Waals surface area contributed by atoms with Crippen molar-refractivity contribution >= 4 is 5.91 Å². The standard InChI is InChI=1S/C21H22N2O3/c22-20(14-25)21(26)23-10-9-18-11-16(7-8-19(18)12-23)4-1-15-2-5-17(13-24)6-3-15/h2-3,5-8,11,20,24-25H,9-10,12-14,22H2. The Bertz CT molecular complexity index is 850. The molecule has 0 bridgehead atoms. The van der Waals surface area contributed by atoms with E-state index in [2.05, 4.69) is 17.9 Å². The lowest BCUT2D eigenvalue weighted by Gasteiger charge is -2.30. The van der Waals surface area contributed by atoms with Crippen LogP contribution < -0.4 is 5.73 Å². The van der Waals surface area contributed by atoms with Crippen molar-refractivity contribution in [3.05, 3.63) is 70.3 Å². The Morgan fingerprint density at radius 2 is 1.77 bits per heavy atom. The summed E-state index contributed by atoms with van der Waals surface area (Å²) < 4.78 is 0. The van der Waals surface area contributed by atoms with Gasteiger partial charge in [0.2, 0.25) is 5.91 Å². The molecule has 0 saturated heterocycles. The van der Waals surface area contributed by atoms with Crippen LogP contribution in [0.2, 0.25) is 0 Å². The van der Waals surface area contributed by atoms with E-state index in [0.29, 0.717) is 13.1 Å². The summed E-state index contributed by atoms with van der Waals surface area (Å²) in [6.45, 7) is 0.800. The SMILES string of the molecule is NC(CO)C(=O)N1CCc2cc(C#Cc3ccc(CO)cc3)ccc2C1. The van der Waals surface area contributed by atoms with Crippen LogP contribution in [-0.2, 0) is 24.4 Å². The van der Waals surface area contributed by atoms with Crippen LogP contribution in [0.15, 0.2) is 42.5 Å². The Hall–Kier alpha value is -2.65. The lowest BCUT2D eigenvalue weighted by Crippen LogP contribution is -2.47. The molecule has 1 aliphatic rings. The predicted octanol–water partition coefficient (Wildman–Crippen LogP) is 0.783. The molecule has 1 amide bonds. The van der Waals surface area contributed by atoms with E-state index in [4.69, 9.17) is 15.9 Å². The number of hydrogen-bond donors (Lipinski definition) is 3. The van der Waals surface area contributed by atoms with E-state index in [1.165, 1.54) is 5.56 Å². The van der Waals surface area contributed by atoms with Crippen molar-refractivity contribution in [2.24, 2.45) is 5.73 Å². The highest BCUT2D eigenvalue weighted by Crippen LogP contribution is 2.20. The Labute approximate surface area is 153 Å². The molecule has 0 radical (unpaired) electrons. The van der Waals surface area contributed by atoms with Gasteiger partial charge in [0.1, 0.15) is 6.04 Å². The van der Waals surface area contributed by atoms with E-state index in [9.17, 15) is 4.79 Å². The molecule has 26 heavy (non-hydrogen) atoms. The minimum atomic E-state index is -0.848. The van der Waals surface area contributed by atoms with Crippen LogP contribution >= 0.6 is 0 Å². The summed E-state index contributed by atoms with van der Waals surface area (Å²) in [7, 11) is 0. The molecule has 0 fully saturated rings. The van der Waals surface area contributed by atoms with Crippen molar-refractivity contribution < 1.29 is 15.0 Å². The Balaban J connectivity index is 1.72. The van der Waals surface area contributed by atoms with Gasteiger partial charge in [-0.25, -0.2) is 0 Å². The largest absolute Gasteiger partial charge is 0.394 e. The second-order valence-corrected chi connectivity index (χ2v) is 6.39. The number of fused-ring (bicyclic) bond motifs is 1. The fraction of sp³-hybridized carbons (Fsp3) is 0.286. The van der Waals surface area contributed by atoms with E-state index in [0.717, 1.165) is 28.7 Å². The molecule has 1 atom stereocenters. The van der Waals surface area contributed by atoms with Crippen LogP contribution in [0.5, 0.6) is 0 Å². The maximum absolute atomic E-state index is 12.1. The summed E-state index contributed by atoms with van der Waals surface area (Å²) >= 11 is 0. The zero-order chi connectivity index (χ0) is 18.5. The molecule has 1 aliphatic heterocycles. The van der Waals surface area contributed by atoms with Gasteiger partial charge in [-0.1, -0.05) is 30.0 Å². The van der Waals surface area contributed by atoms with Gasteiger partial charge in [-0.05, 0) is 47.4 Å². The second kappa shape index (κ2) is 8.15. The van der Waals surface area contributed by atoms with Crippen molar-refractivity contribution in [2.45, 2.75) is 25.6 Å². The number of hydrogen-bond acceptors (Lipinski definition) is 4. The predicted molar refractivity (Wildman–Crippen MR) is 99.0 cm³/mol. The van der Waals surface area contributed by atoms with E-state index in [1.807, 2.05) is 36.4 Å². The number of benzene rings is 2. The van der Waals surface area contributed by atoms with Crippen molar-refractivity contribution in [3.8, 4) is 11.8 Å². The van der Waals surface area contributed by atoms with E-state index < -0.39 is 6.04 Å². The van der Waals surface area contributed by atoms with Crippen LogP contribution in [0.4, 0.5) is 0 Å². The summed E-state index contributed by atoms with van der Waals surface area (Å²) in [4.78, 5) is 13.8. The Kier molecular flexibility index (Phi) is 5.69. The number of nitrogens with two attached hydrogens (primary N) is 1. The molecule has 4 N–H and O–H groups in total. The van der Waals surface area contributed by atoms with Gasteiger partial charge < -0.3 is 20.8 Å². The van der Waals surface area contributed by atoms with E-state index in [1.54, 1.807) is 4.90 Å². The first-order valence-corrected chi connectivity index (χ1v) is 8.59. The van der Waals surface area contributed by atoms with Gasteiger partial charge in [-0.3, -0.25) is 4.79 Å². The molecule has 2 aromatic carbocycles. The molecule has 1 unspecified atom stereocenters. The van der Waals surface area contributed by atoms with Crippen LogP contribution in [0.1, 0.15) is 27.8 Å². The summed E-state index contributed by atoms with van der Waals surface area (Å²) in [5.74, 6) is 6.08. The number of aliphatic hydroxyl groups is 2. The van der Waals surface area contributed by atoms with Gasteiger partial charge in [-0.15, -0.1) is 0 Å². The van der Waals surface area contributed by atoms with Crippen LogP contribution in [0.3, 0.4) is 0 Å². The molecule has 0 saturated carbocycles. The topological polar surface area (TPSA) is 86.8 Å². The molecule has 2 aromatic rings. The molecule has 5 heteroatoms. The second-order valence-electron chi connectivity index (χ2n) is 6.39. The van der Waals surface area contributed by atoms with Gasteiger partial charge in [0.05, 0.1) is 13.2 Å². The van der Waals surface area contributed by atoms with Gasteiger partial charge in [0.15, 0.2) is 0 Å². The zero-order valence-electron chi connectivity index (χ0n) is 14.5. The molecule has 3 rings (SSSR count). The number of carbonyl (C=O) groups excluding carboxylic acids is 1. The maximum atomic E-state index is 12.1. The number of carbonyl (C=O) groups is 1. The highest BCUT2D eigenvalue weighted by atomic mass is 16.3. The van der Waals surface area contributed by atoms with Crippen molar-refractivity contribution in [1.82, 2.24) is 4.90 Å². The number of nitrogens with zero attached hydrogens (tertiary/aromatic N) is 1. The summed E-state index contributed by atoms with van der Waals surface area (Å²) in [5, 5.41) is 18.1. The first-order valence-electron chi connectivity index (χ1n) is 8.59. The normalized spacial score (nSPS) is 14.2.